The zero-order valence-electron chi connectivity index (χ0n) is 13.6. The van der Waals surface area contributed by atoms with E-state index in [0.717, 1.165) is 17.7 Å². The monoisotopic (exact) mass is 339 g/mol. The summed E-state index contributed by atoms with van der Waals surface area (Å²) >= 11 is 0. The number of ether oxygens (including phenoxy) is 1. The van der Waals surface area contributed by atoms with Crippen LogP contribution in [-0.4, -0.2) is 28.8 Å². The van der Waals surface area contributed by atoms with E-state index < -0.39 is 0 Å². The van der Waals surface area contributed by atoms with Gasteiger partial charge in [0, 0.05) is 18.9 Å². The van der Waals surface area contributed by atoms with Crippen LogP contribution in [0.25, 0.3) is 5.69 Å². The molecule has 3 aromatic rings. The van der Waals surface area contributed by atoms with Gasteiger partial charge in [-0.2, -0.15) is 5.10 Å². The number of benzene rings is 2. The highest BCUT2D eigenvalue weighted by atomic mass is 19.1. The Hall–Kier alpha value is -3.15. The minimum Gasteiger partial charge on any atom is -0.484 e. The molecule has 0 unspecified atom stereocenters. The molecule has 1 heterocycles. The van der Waals surface area contributed by atoms with Crippen LogP contribution in [0.1, 0.15) is 5.56 Å². The van der Waals surface area contributed by atoms with Crippen LogP contribution >= 0.6 is 0 Å². The molecular formula is C19H18FN3O2. The van der Waals surface area contributed by atoms with Gasteiger partial charge < -0.3 is 10.1 Å². The molecule has 0 saturated carbocycles. The summed E-state index contributed by atoms with van der Waals surface area (Å²) in [6.07, 6.45) is 4.34. The first-order chi connectivity index (χ1) is 12.2. The highest BCUT2D eigenvalue weighted by Gasteiger charge is 2.03. The summed E-state index contributed by atoms with van der Waals surface area (Å²) in [5.74, 6) is -0.0846. The van der Waals surface area contributed by atoms with Crippen molar-refractivity contribution in [1.82, 2.24) is 15.1 Å². The lowest BCUT2D eigenvalue weighted by Gasteiger charge is -2.08. The summed E-state index contributed by atoms with van der Waals surface area (Å²) in [4.78, 5) is 11.8. The van der Waals surface area contributed by atoms with Crippen LogP contribution in [0.15, 0.2) is 67.0 Å². The lowest BCUT2D eigenvalue weighted by molar-refractivity contribution is -0.123. The number of carbonyl (C=O) groups is 1. The van der Waals surface area contributed by atoms with Crippen LogP contribution in [0.2, 0.25) is 0 Å². The van der Waals surface area contributed by atoms with Crippen molar-refractivity contribution in [2.24, 2.45) is 0 Å². The molecule has 0 spiro atoms. The minimum absolute atomic E-state index is 0.0934. The smallest absolute Gasteiger partial charge is 0.257 e. The number of amides is 1. The van der Waals surface area contributed by atoms with Gasteiger partial charge in [-0.1, -0.05) is 12.1 Å². The van der Waals surface area contributed by atoms with E-state index in [1.54, 1.807) is 10.9 Å². The quantitative estimate of drug-likeness (QED) is 0.720. The molecule has 0 atom stereocenters. The topological polar surface area (TPSA) is 56.1 Å². The third-order valence-electron chi connectivity index (χ3n) is 3.62. The summed E-state index contributed by atoms with van der Waals surface area (Å²) in [7, 11) is 0. The van der Waals surface area contributed by atoms with E-state index in [-0.39, 0.29) is 18.3 Å². The fourth-order valence-corrected chi connectivity index (χ4v) is 2.31. The van der Waals surface area contributed by atoms with E-state index in [2.05, 4.69) is 10.4 Å². The summed E-state index contributed by atoms with van der Waals surface area (Å²) < 4.78 is 19.9. The lowest BCUT2D eigenvalue weighted by atomic mass is 10.1. The minimum atomic E-state index is -0.338. The van der Waals surface area contributed by atoms with E-state index in [9.17, 15) is 9.18 Å². The molecule has 0 aliphatic heterocycles. The van der Waals surface area contributed by atoms with E-state index in [1.165, 1.54) is 24.3 Å². The zero-order valence-corrected chi connectivity index (χ0v) is 13.6. The van der Waals surface area contributed by atoms with Crippen LogP contribution < -0.4 is 10.1 Å². The van der Waals surface area contributed by atoms with Crippen molar-refractivity contribution in [2.45, 2.75) is 6.42 Å². The molecule has 1 N–H and O–H groups in total. The average molecular weight is 339 g/mol. The average Bonchev–Trinajstić information content (AvgIpc) is 3.16. The predicted molar refractivity (Wildman–Crippen MR) is 92.2 cm³/mol. The van der Waals surface area contributed by atoms with Crippen LogP contribution in [-0.2, 0) is 11.2 Å². The van der Waals surface area contributed by atoms with E-state index in [4.69, 9.17) is 4.74 Å². The first-order valence-corrected chi connectivity index (χ1v) is 7.95. The first kappa shape index (κ1) is 16.7. The Morgan fingerprint density at radius 1 is 1.12 bits per heavy atom. The van der Waals surface area contributed by atoms with E-state index in [1.807, 2.05) is 36.5 Å². The second-order valence-electron chi connectivity index (χ2n) is 5.46. The summed E-state index contributed by atoms with van der Waals surface area (Å²) in [6, 6.07) is 15.4. The SMILES string of the molecule is O=C(COc1ccc(F)cc1)NCCc1ccc(-n2cccn2)cc1. The maximum Gasteiger partial charge on any atom is 0.257 e. The Morgan fingerprint density at radius 2 is 1.88 bits per heavy atom. The Labute approximate surface area is 145 Å². The van der Waals surface area contributed by atoms with Crippen LogP contribution in [0.4, 0.5) is 4.39 Å². The molecule has 0 fully saturated rings. The third-order valence-corrected chi connectivity index (χ3v) is 3.62. The molecule has 128 valence electrons. The molecule has 0 aliphatic carbocycles. The zero-order chi connectivity index (χ0) is 17.5. The van der Waals surface area contributed by atoms with Crippen molar-refractivity contribution in [3.8, 4) is 11.4 Å². The second kappa shape index (κ2) is 8.10. The maximum absolute atomic E-state index is 12.8. The van der Waals surface area contributed by atoms with Gasteiger partial charge in [0.1, 0.15) is 11.6 Å². The van der Waals surface area contributed by atoms with Gasteiger partial charge in [-0.05, 0) is 54.4 Å². The summed E-state index contributed by atoms with van der Waals surface area (Å²) in [5, 5.41) is 6.98. The van der Waals surface area contributed by atoms with Gasteiger partial charge >= 0.3 is 0 Å². The number of nitrogens with zero attached hydrogens (tertiary/aromatic N) is 2. The highest BCUT2D eigenvalue weighted by Crippen LogP contribution is 2.11. The fourth-order valence-electron chi connectivity index (χ4n) is 2.31. The van der Waals surface area contributed by atoms with Gasteiger partial charge in [-0.15, -0.1) is 0 Å². The molecule has 25 heavy (non-hydrogen) atoms. The van der Waals surface area contributed by atoms with Crippen LogP contribution in [0, 0.1) is 5.82 Å². The Morgan fingerprint density at radius 3 is 2.56 bits per heavy atom. The number of carbonyl (C=O) groups excluding carboxylic acids is 1. The molecule has 0 radical (unpaired) electrons. The number of nitrogens with one attached hydrogen (secondary N) is 1. The van der Waals surface area contributed by atoms with E-state index >= 15 is 0 Å². The molecule has 2 aromatic carbocycles. The van der Waals surface area contributed by atoms with Crippen LogP contribution in [0.5, 0.6) is 5.75 Å². The first-order valence-electron chi connectivity index (χ1n) is 7.95. The lowest BCUT2D eigenvalue weighted by Crippen LogP contribution is -2.30. The normalized spacial score (nSPS) is 10.4. The summed E-state index contributed by atoms with van der Waals surface area (Å²) in [6.45, 7) is 0.427. The fraction of sp³-hybridized carbons (Fsp3) is 0.158. The van der Waals surface area contributed by atoms with Gasteiger partial charge in [0.15, 0.2) is 6.61 Å². The molecular weight excluding hydrogens is 321 g/mol. The van der Waals surface area contributed by atoms with Crippen molar-refractivity contribution in [1.29, 1.82) is 0 Å². The highest BCUT2D eigenvalue weighted by molar-refractivity contribution is 5.77. The molecule has 6 heteroatoms. The molecule has 0 aliphatic rings. The van der Waals surface area contributed by atoms with Crippen LogP contribution in [0.3, 0.4) is 0 Å². The van der Waals surface area contributed by atoms with Gasteiger partial charge in [-0.25, -0.2) is 9.07 Å². The van der Waals surface area contributed by atoms with Crippen molar-refractivity contribution in [2.75, 3.05) is 13.2 Å². The van der Waals surface area contributed by atoms with Crippen molar-refractivity contribution in [3.63, 3.8) is 0 Å². The van der Waals surface area contributed by atoms with Crippen molar-refractivity contribution in [3.05, 3.63) is 78.4 Å². The Bertz CT molecular complexity index is 800. The number of hydrogen-bond donors (Lipinski definition) is 1. The number of aromatic nitrogens is 2. The van der Waals surface area contributed by atoms with Gasteiger partial charge in [0.05, 0.1) is 5.69 Å². The Kier molecular flexibility index (Phi) is 5.41. The standard InChI is InChI=1S/C19H18FN3O2/c20-16-4-8-18(9-5-16)25-14-19(24)21-12-10-15-2-6-17(7-3-15)23-13-1-11-22-23/h1-9,11,13H,10,12,14H2,(H,21,24). The van der Waals surface area contributed by atoms with Gasteiger partial charge in [0.25, 0.3) is 5.91 Å². The van der Waals surface area contributed by atoms with E-state index in [0.29, 0.717) is 12.3 Å². The number of halogens is 1. The molecule has 0 saturated heterocycles. The molecule has 1 amide bonds. The maximum atomic E-state index is 12.8. The molecule has 1 aromatic heterocycles. The number of rotatable bonds is 7. The van der Waals surface area contributed by atoms with Gasteiger partial charge in [0.2, 0.25) is 0 Å². The predicted octanol–water partition coefficient (Wildman–Crippen LogP) is 2.75. The van der Waals surface area contributed by atoms with Crippen molar-refractivity contribution < 1.29 is 13.9 Å². The van der Waals surface area contributed by atoms with Gasteiger partial charge in [-0.3, -0.25) is 4.79 Å². The molecule has 5 nitrogen and oxygen atoms in total. The third kappa shape index (κ3) is 4.91. The summed E-state index contributed by atoms with van der Waals surface area (Å²) in [5.41, 5.74) is 2.11. The van der Waals surface area contributed by atoms with Crippen molar-refractivity contribution >= 4 is 5.91 Å². The molecule has 3 rings (SSSR count). The second-order valence-corrected chi connectivity index (χ2v) is 5.46. The largest absolute Gasteiger partial charge is 0.484 e. The molecule has 0 bridgehead atoms. The Balaban J connectivity index is 1.40. The number of hydrogen-bond acceptors (Lipinski definition) is 3.